The molecule has 0 aliphatic carbocycles. The van der Waals surface area contributed by atoms with Crippen molar-refractivity contribution in [1.82, 2.24) is 9.80 Å². The van der Waals surface area contributed by atoms with Crippen molar-refractivity contribution in [2.24, 2.45) is 0 Å². The summed E-state index contributed by atoms with van der Waals surface area (Å²) in [6.45, 7) is 5.40. The smallest absolute Gasteiger partial charge is 0.391 e. The average molecular weight is 330 g/mol. The summed E-state index contributed by atoms with van der Waals surface area (Å²) < 4.78 is 37.1. The van der Waals surface area contributed by atoms with Gasteiger partial charge in [-0.15, -0.1) is 0 Å². The first-order chi connectivity index (χ1) is 10.8. The van der Waals surface area contributed by atoms with Gasteiger partial charge in [0.2, 0.25) is 0 Å². The van der Waals surface area contributed by atoms with E-state index in [1.165, 1.54) is 5.56 Å². The molecule has 6 heteroatoms. The van der Waals surface area contributed by atoms with E-state index in [2.05, 4.69) is 17.0 Å². The molecule has 3 nitrogen and oxygen atoms in total. The summed E-state index contributed by atoms with van der Waals surface area (Å²) in [4.78, 5) is 4.30. The van der Waals surface area contributed by atoms with Gasteiger partial charge in [-0.2, -0.15) is 13.2 Å². The van der Waals surface area contributed by atoms with Crippen LogP contribution in [0.3, 0.4) is 0 Å². The van der Waals surface area contributed by atoms with Crippen LogP contribution in [-0.4, -0.2) is 59.4 Å². The van der Waals surface area contributed by atoms with E-state index in [1.807, 2.05) is 30.0 Å². The van der Waals surface area contributed by atoms with Gasteiger partial charge >= 0.3 is 6.18 Å². The van der Waals surface area contributed by atoms with E-state index in [1.54, 1.807) is 0 Å². The second kappa shape index (κ2) is 8.13. The van der Waals surface area contributed by atoms with Crippen LogP contribution in [0.25, 0.3) is 0 Å². The number of aliphatic hydroxyl groups is 1. The van der Waals surface area contributed by atoms with Crippen molar-refractivity contribution in [3.05, 3.63) is 35.9 Å². The van der Waals surface area contributed by atoms with E-state index in [9.17, 15) is 18.3 Å². The Labute approximate surface area is 135 Å². The van der Waals surface area contributed by atoms with Crippen molar-refractivity contribution in [2.75, 3.05) is 26.2 Å². The molecule has 0 unspecified atom stereocenters. The lowest BCUT2D eigenvalue weighted by atomic mass is 10.2. The van der Waals surface area contributed by atoms with Gasteiger partial charge < -0.3 is 5.11 Å². The molecule has 1 heterocycles. The van der Waals surface area contributed by atoms with Crippen molar-refractivity contribution < 1.29 is 18.3 Å². The highest BCUT2D eigenvalue weighted by Crippen LogP contribution is 2.23. The lowest BCUT2D eigenvalue weighted by molar-refractivity contribution is -0.155. The van der Waals surface area contributed by atoms with E-state index in [0.29, 0.717) is 0 Å². The molecule has 1 aliphatic heterocycles. The lowest BCUT2D eigenvalue weighted by Crippen LogP contribution is -2.43. The van der Waals surface area contributed by atoms with E-state index < -0.39 is 18.7 Å². The van der Waals surface area contributed by atoms with Crippen molar-refractivity contribution in [2.45, 2.75) is 44.6 Å². The third-order valence-electron chi connectivity index (χ3n) is 4.23. The van der Waals surface area contributed by atoms with E-state index >= 15 is 0 Å². The molecule has 2 rings (SSSR count). The van der Waals surface area contributed by atoms with Gasteiger partial charge in [0.1, 0.15) is 0 Å². The van der Waals surface area contributed by atoms with Gasteiger partial charge in [0, 0.05) is 25.7 Å². The first kappa shape index (κ1) is 18.2. The Morgan fingerprint density at radius 2 is 1.91 bits per heavy atom. The highest BCUT2D eigenvalue weighted by atomic mass is 19.4. The van der Waals surface area contributed by atoms with Gasteiger partial charge in [0.15, 0.2) is 0 Å². The van der Waals surface area contributed by atoms with Gasteiger partial charge in [-0.25, -0.2) is 0 Å². The summed E-state index contributed by atoms with van der Waals surface area (Å²) in [5.74, 6) is 0. The Kier molecular flexibility index (Phi) is 6.44. The highest BCUT2D eigenvalue weighted by molar-refractivity contribution is 5.14. The molecule has 0 bridgehead atoms. The maximum absolute atomic E-state index is 12.4. The second-order valence-corrected chi connectivity index (χ2v) is 6.39. The number of hydrogen-bond acceptors (Lipinski definition) is 3. The van der Waals surface area contributed by atoms with Gasteiger partial charge in [0.25, 0.3) is 0 Å². The summed E-state index contributed by atoms with van der Waals surface area (Å²) in [6.07, 6.45) is -5.90. The van der Waals surface area contributed by atoms with E-state index in [-0.39, 0.29) is 12.6 Å². The third kappa shape index (κ3) is 6.49. The maximum atomic E-state index is 12.4. The first-order valence-corrected chi connectivity index (χ1v) is 8.08. The molecule has 0 amide bonds. The fourth-order valence-corrected chi connectivity index (χ4v) is 3.16. The zero-order valence-electron chi connectivity index (χ0n) is 13.5. The zero-order chi connectivity index (χ0) is 16.9. The van der Waals surface area contributed by atoms with Crippen LogP contribution in [0.4, 0.5) is 13.2 Å². The normalized spacial score (nSPS) is 22.7. The molecule has 0 saturated carbocycles. The number of alkyl halides is 3. The van der Waals surface area contributed by atoms with Crippen molar-refractivity contribution in [3.8, 4) is 0 Å². The number of rotatable bonds is 5. The second-order valence-electron chi connectivity index (χ2n) is 6.39. The molecule has 1 N–H and O–H groups in total. The van der Waals surface area contributed by atoms with Crippen molar-refractivity contribution in [3.63, 3.8) is 0 Å². The number of aliphatic hydroxyl groups excluding tert-OH is 1. The van der Waals surface area contributed by atoms with Crippen LogP contribution in [0.2, 0.25) is 0 Å². The number of hydrogen-bond donors (Lipinski definition) is 1. The summed E-state index contributed by atoms with van der Waals surface area (Å²) >= 11 is 0. The van der Waals surface area contributed by atoms with Gasteiger partial charge in [0.05, 0.1) is 12.5 Å². The van der Waals surface area contributed by atoms with Crippen molar-refractivity contribution >= 4 is 0 Å². The Bertz CT molecular complexity index is 467. The SMILES string of the molecule is C[C@H]1CN(Cc2ccccc2)CCCN1C[C@@H](O)CC(F)(F)F. The minimum atomic E-state index is -4.31. The Balaban J connectivity index is 1.86. The molecule has 1 aromatic carbocycles. The quantitative estimate of drug-likeness (QED) is 0.899. The van der Waals surface area contributed by atoms with Gasteiger partial charge in [-0.1, -0.05) is 30.3 Å². The lowest BCUT2D eigenvalue weighted by Gasteiger charge is -2.30. The molecule has 0 radical (unpaired) electrons. The number of benzene rings is 1. The summed E-state index contributed by atoms with van der Waals surface area (Å²) in [7, 11) is 0. The van der Waals surface area contributed by atoms with Crippen LogP contribution in [0.15, 0.2) is 30.3 Å². The predicted molar refractivity (Wildman–Crippen MR) is 84.0 cm³/mol. The standard InChI is InChI=1S/C17H25F3N2O/c1-14-11-21(12-15-6-3-2-4-7-15)8-5-9-22(14)13-16(23)10-17(18,19)20/h2-4,6-7,14,16,23H,5,8-13H2,1H3/t14-,16-/m0/s1. The minimum Gasteiger partial charge on any atom is -0.391 e. The fourth-order valence-electron chi connectivity index (χ4n) is 3.16. The summed E-state index contributed by atoms with van der Waals surface area (Å²) in [5, 5.41) is 9.67. The molecule has 0 aromatic heterocycles. The summed E-state index contributed by atoms with van der Waals surface area (Å²) in [5.41, 5.74) is 1.24. The zero-order valence-corrected chi connectivity index (χ0v) is 13.5. The number of nitrogens with zero attached hydrogens (tertiary/aromatic N) is 2. The van der Waals surface area contributed by atoms with Crippen LogP contribution >= 0.6 is 0 Å². The Hall–Kier alpha value is -1.11. The first-order valence-electron chi connectivity index (χ1n) is 8.08. The summed E-state index contributed by atoms with van der Waals surface area (Å²) in [6, 6.07) is 10.3. The monoisotopic (exact) mass is 330 g/mol. The Morgan fingerprint density at radius 3 is 2.57 bits per heavy atom. The van der Waals surface area contributed by atoms with Crippen LogP contribution < -0.4 is 0 Å². The largest absolute Gasteiger partial charge is 0.391 e. The minimum absolute atomic E-state index is 0.0832. The topological polar surface area (TPSA) is 26.7 Å². The van der Waals surface area contributed by atoms with Crippen LogP contribution in [0.5, 0.6) is 0 Å². The molecule has 1 aliphatic rings. The Morgan fingerprint density at radius 1 is 1.22 bits per heavy atom. The predicted octanol–water partition coefficient (Wildman–Crippen LogP) is 2.90. The average Bonchev–Trinajstić information content (AvgIpc) is 2.60. The molecule has 23 heavy (non-hydrogen) atoms. The van der Waals surface area contributed by atoms with Crippen LogP contribution in [0, 0.1) is 0 Å². The van der Waals surface area contributed by atoms with E-state index in [4.69, 9.17) is 0 Å². The number of halogens is 3. The van der Waals surface area contributed by atoms with Crippen LogP contribution in [-0.2, 0) is 6.54 Å². The van der Waals surface area contributed by atoms with Gasteiger partial charge in [-0.05, 0) is 32.0 Å². The molecule has 130 valence electrons. The third-order valence-corrected chi connectivity index (χ3v) is 4.23. The molecule has 1 aromatic rings. The molecule has 1 saturated heterocycles. The fraction of sp³-hybridized carbons (Fsp3) is 0.647. The highest BCUT2D eigenvalue weighted by Gasteiger charge is 2.33. The molecule has 2 atom stereocenters. The van der Waals surface area contributed by atoms with Crippen LogP contribution in [0.1, 0.15) is 25.3 Å². The molecular formula is C17H25F3N2O. The molecule has 0 spiro atoms. The molecular weight excluding hydrogens is 305 g/mol. The van der Waals surface area contributed by atoms with E-state index in [0.717, 1.165) is 32.6 Å². The number of β-amino-alcohol motifs (C(OH)–C–C–N with tert-alkyl or cyclic N) is 1. The van der Waals surface area contributed by atoms with Gasteiger partial charge in [-0.3, -0.25) is 9.80 Å². The maximum Gasteiger partial charge on any atom is 0.391 e. The van der Waals surface area contributed by atoms with Crippen molar-refractivity contribution in [1.29, 1.82) is 0 Å². The molecule has 1 fully saturated rings.